The number of benzene rings is 1. The van der Waals surface area contributed by atoms with Gasteiger partial charge in [0.05, 0.1) is 5.56 Å². The average Bonchev–Trinajstić information content (AvgIpc) is 2.75. The summed E-state index contributed by atoms with van der Waals surface area (Å²) in [6.07, 6.45) is 0. The Morgan fingerprint density at radius 2 is 2.12 bits per heavy atom. The van der Waals surface area contributed by atoms with Crippen molar-refractivity contribution in [3.63, 3.8) is 0 Å². The minimum atomic E-state index is -0.601. The van der Waals surface area contributed by atoms with Gasteiger partial charge in [0.15, 0.2) is 0 Å². The third-order valence-corrected chi connectivity index (χ3v) is 3.66. The molecule has 5 heteroatoms. The topological polar surface area (TPSA) is 67.2 Å². The second-order valence-corrected chi connectivity index (χ2v) is 4.71. The molecular formula is C12H14FN3O. The van der Waals surface area contributed by atoms with Crippen molar-refractivity contribution < 1.29 is 9.18 Å². The highest BCUT2D eigenvalue weighted by atomic mass is 19.1. The van der Waals surface area contributed by atoms with E-state index < -0.39 is 11.7 Å². The molecule has 17 heavy (non-hydrogen) atoms. The zero-order chi connectivity index (χ0) is 12.0. The van der Waals surface area contributed by atoms with E-state index in [1.54, 1.807) is 6.07 Å². The number of nitrogens with one attached hydrogen (secondary N) is 2. The molecule has 1 saturated carbocycles. The van der Waals surface area contributed by atoms with E-state index >= 15 is 0 Å². The van der Waals surface area contributed by atoms with Crippen molar-refractivity contribution in [1.29, 1.82) is 0 Å². The Morgan fingerprint density at radius 3 is 2.76 bits per heavy atom. The molecule has 0 aromatic heterocycles. The van der Waals surface area contributed by atoms with Crippen molar-refractivity contribution >= 4 is 11.6 Å². The molecule has 2 aliphatic rings. The molecule has 1 amide bonds. The molecular weight excluding hydrogens is 221 g/mol. The fraction of sp³-hybridized carbons (Fsp3) is 0.417. The van der Waals surface area contributed by atoms with Crippen molar-refractivity contribution in [1.82, 2.24) is 5.32 Å². The molecule has 2 atom stereocenters. The van der Waals surface area contributed by atoms with Gasteiger partial charge in [-0.25, -0.2) is 4.39 Å². The highest BCUT2D eigenvalue weighted by Crippen LogP contribution is 2.44. The predicted molar refractivity (Wildman–Crippen MR) is 62.2 cm³/mol. The summed E-state index contributed by atoms with van der Waals surface area (Å²) in [5.41, 5.74) is 6.10. The van der Waals surface area contributed by atoms with E-state index in [-0.39, 0.29) is 5.56 Å². The van der Waals surface area contributed by atoms with Gasteiger partial charge in [0.2, 0.25) is 0 Å². The van der Waals surface area contributed by atoms with Crippen LogP contribution in [0.25, 0.3) is 0 Å². The Morgan fingerprint density at radius 1 is 1.41 bits per heavy atom. The molecule has 1 heterocycles. The lowest BCUT2D eigenvalue weighted by Gasteiger charge is -2.12. The van der Waals surface area contributed by atoms with Gasteiger partial charge in [-0.2, -0.15) is 0 Å². The van der Waals surface area contributed by atoms with Gasteiger partial charge in [0.1, 0.15) is 5.82 Å². The fourth-order valence-electron chi connectivity index (χ4n) is 2.66. The number of piperidine rings is 1. The monoisotopic (exact) mass is 235 g/mol. The normalized spacial score (nSPS) is 29.8. The molecule has 4 nitrogen and oxygen atoms in total. The van der Waals surface area contributed by atoms with Crippen LogP contribution < -0.4 is 16.4 Å². The summed E-state index contributed by atoms with van der Waals surface area (Å²) < 4.78 is 13.0. The van der Waals surface area contributed by atoms with E-state index in [1.165, 1.54) is 12.1 Å². The van der Waals surface area contributed by atoms with Gasteiger partial charge in [-0.3, -0.25) is 4.79 Å². The van der Waals surface area contributed by atoms with Crippen LogP contribution in [-0.4, -0.2) is 25.0 Å². The molecule has 0 spiro atoms. The average molecular weight is 235 g/mol. The van der Waals surface area contributed by atoms with Gasteiger partial charge in [-0.1, -0.05) is 0 Å². The molecule has 2 fully saturated rings. The van der Waals surface area contributed by atoms with E-state index in [0.29, 0.717) is 23.6 Å². The zero-order valence-electron chi connectivity index (χ0n) is 9.24. The van der Waals surface area contributed by atoms with E-state index in [9.17, 15) is 9.18 Å². The molecule has 3 rings (SSSR count). The smallest absolute Gasteiger partial charge is 0.250 e. The van der Waals surface area contributed by atoms with E-state index in [4.69, 9.17) is 5.73 Å². The van der Waals surface area contributed by atoms with E-state index in [0.717, 1.165) is 13.1 Å². The number of amides is 1. The summed E-state index contributed by atoms with van der Waals surface area (Å²) in [5, 5.41) is 6.58. The number of halogens is 1. The first-order chi connectivity index (χ1) is 8.16. The summed E-state index contributed by atoms with van der Waals surface area (Å²) in [6, 6.07) is 4.49. The standard InChI is InChI=1S/C12H14FN3O/c13-6-1-2-10(7(3-6)12(14)17)16-11-8-4-15-5-9(8)11/h1-3,8-9,11,15-16H,4-5H2,(H2,14,17). The van der Waals surface area contributed by atoms with Crippen molar-refractivity contribution in [3.05, 3.63) is 29.6 Å². The maximum atomic E-state index is 13.0. The molecule has 4 N–H and O–H groups in total. The van der Waals surface area contributed by atoms with Crippen LogP contribution in [0.5, 0.6) is 0 Å². The van der Waals surface area contributed by atoms with Crippen LogP contribution in [0.15, 0.2) is 18.2 Å². The van der Waals surface area contributed by atoms with Crippen LogP contribution in [0, 0.1) is 17.7 Å². The number of hydrogen-bond donors (Lipinski definition) is 3. The maximum absolute atomic E-state index is 13.0. The number of primary amides is 1. The first-order valence-electron chi connectivity index (χ1n) is 5.73. The number of anilines is 1. The SMILES string of the molecule is NC(=O)c1cc(F)ccc1NC1C2CNCC21. The quantitative estimate of drug-likeness (QED) is 0.717. The van der Waals surface area contributed by atoms with Crippen LogP contribution in [-0.2, 0) is 0 Å². The predicted octanol–water partition coefficient (Wildman–Crippen LogP) is 0.554. The summed E-state index contributed by atoms with van der Waals surface area (Å²) in [6.45, 7) is 2.02. The van der Waals surface area contributed by atoms with E-state index in [1.807, 2.05) is 0 Å². The lowest BCUT2D eigenvalue weighted by molar-refractivity contribution is 0.100. The Labute approximate surface area is 98.4 Å². The first-order valence-corrected chi connectivity index (χ1v) is 5.73. The van der Waals surface area contributed by atoms with Crippen LogP contribution in [0.2, 0.25) is 0 Å². The van der Waals surface area contributed by atoms with Crippen LogP contribution in [0.1, 0.15) is 10.4 Å². The molecule has 2 unspecified atom stereocenters. The number of rotatable bonds is 3. The highest BCUT2D eigenvalue weighted by molar-refractivity contribution is 5.98. The first kappa shape index (κ1) is 10.5. The molecule has 90 valence electrons. The zero-order valence-corrected chi connectivity index (χ0v) is 9.24. The second-order valence-electron chi connectivity index (χ2n) is 4.71. The van der Waals surface area contributed by atoms with Crippen molar-refractivity contribution in [2.75, 3.05) is 18.4 Å². The number of hydrogen-bond acceptors (Lipinski definition) is 3. The largest absolute Gasteiger partial charge is 0.381 e. The van der Waals surface area contributed by atoms with Gasteiger partial charge in [-0.15, -0.1) is 0 Å². The number of carbonyl (C=O) groups is 1. The number of carbonyl (C=O) groups excluding carboxylic acids is 1. The Hall–Kier alpha value is -1.62. The second kappa shape index (κ2) is 3.70. The molecule has 1 saturated heterocycles. The Bertz CT molecular complexity index is 467. The highest BCUT2D eigenvalue weighted by Gasteiger charge is 2.53. The van der Waals surface area contributed by atoms with Gasteiger partial charge in [0.25, 0.3) is 5.91 Å². The van der Waals surface area contributed by atoms with Gasteiger partial charge in [0, 0.05) is 24.8 Å². The summed E-state index contributed by atoms with van der Waals surface area (Å²) in [5.74, 6) is 0.208. The minimum absolute atomic E-state index is 0.225. The van der Waals surface area contributed by atoms with Crippen molar-refractivity contribution in [3.8, 4) is 0 Å². The number of fused-ring (bicyclic) bond motifs is 1. The maximum Gasteiger partial charge on any atom is 0.250 e. The molecule has 1 aromatic carbocycles. The van der Waals surface area contributed by atoms with Gasteiger partial charge in [-0.05, 0) is 30.0 Å². The van der Waals surface area contributed by atoms with Crippen LogP contribution in [0.4, 0.5) is 10.1 Å². The minimum Gasteiger partial charge on any atom is -0.381 e. The molecule has 0 radical (unpaired) electrons. The molecule has 1 aliphatic heterocycles. The van der Waals surface area contributed by atoms with E-state index in [2.05, 4.69) is 10.6 Å². The summed E-state index contributed by atoms with van der Waals surface area (Å²) in [4.78, 5) is 11.2. The molecule has 1 aromatic rings. The lowest BCUT2D eigenvalue weighted by atomic mass is 10.1. The van der Waals surface area contributed by atoms with Gasteiger partial charge >= 0.3 is 0 Å². The molecule has 0 bridgehead atoms. The summed E-state index contributed by atoms with van der Waals surface area (Å²) >= 11 is 0. The fourth-order valence-corrected chi connectivity index (χ4v) is 2.66. The van der Waals surface area contributed by atoms with Gasteiger partial charge < -0.3 is 16.4 Å². The Kier molecular flexibility index (Phi) is 2.29. The number of nitrogens with two attached hydrogens (primary N) is 1. The molecule has 1 aliphatic carbocycles. The van der Waals surface area contributed by atoms with Crippen molar-refractivity contribution in [2.24, 2.45) is 17.6 Å². The summed E-state index contributed by atoms with van der Waals surface area (Å²) in [7, 11) is 0. The van der Waals surface area contributed by atoms with Crippen LogP contribution in [0.3, 0.4) is 0 Å². The van der Waals surface area contributed by atoms with Crippen molar-refractivity contribution in [2.45, 2.75) is 6.04 Å². The lowest BCUT2D eigenvalue weighted by Crippen LogP contribution is -2.23. The third kappa shape index (κ3) is 1.76. The third-order valence-electron chi connectivity index (χ3n) is 3.66. The van der Waals surface area contributed by atoms with Crippen LogP contribution >= 0.6 is 0 Å². The Balaban J connectivity index is 1.81.